The Morgan fingerprint density at radius 1 is 1.29 bits per heavy atom. The van der Waals surface area contributed by atoms with Gasteiger partial charge in [0, 0.05) is 18.2 Å². The van der Waals surface area contributed by atoms with Gasteiger partial charge in [-0.3, -0.25) is 0 Å². The molecule has 3 aliphatic rings. The lowest BCUT2D eigenvalue weighted by Crippen LogP contribution is -2.46. The molecule has 2 N–H and O–H groups in total. The maximum Gasteiger partial charge on any atom is 0.335 e. The predicted octanol–water partition coefficient (Wildman–Crippen LogP) is 3.67. The van der Waals surface area contributed by atoms with Gasteiger partial charge in [-0.1, -0.05) is 31.2 Å². The number of nitrogens with one attached hydrogen (secondary N) is 1. The van der Waals surface area contributed by atoms with Gasteiger partial charge < -0.3 is 15.2 Å². The average Bonchev–Trinajstić information content (AvgIpc) is 2.61. The number of aromatic carboxylic acids is 1. The maximum absolute atomic E-state index is 11.1. The molecule has 1 aromatic rings. The molecule has 24 heavy (non-hydrogen) atoms. The van der Waals surface area contributed by atoms with Crippen molar-refractivity contribution < 1.29 is 14.6 Å². The Balaban J connectivity index is 1.69. The van der Waals surface area contributed by atoms with Crippen molar-refractivity contribution in [2.45, 2.75) is 38.3 Å². The first-order valence-electron chi connectivity index (χ1n) is 8.76. The Bertz CT molecular complexity index is 704. The Morgan fingerprint density at radius 3 is 2.83 bits per heavy atom. The largest absolute Gasteiger partial charge is 0.478 e. The van der Waals surface area contributed by atoms with Crippen molar-refractivity contribution in [3.05, 3.63) is 58.8 Å². The Kier molecular flexibility index (Phi) is 3.93. The molecule has 0 saturated carbocycles. The molecule has 2 heterocycles. The van der Waals surface area contributed by atoms with Gasteiger partial charge in [0.15, 0.2) is 0 Å². The fourth-order valence-corrected chi connectivity index (χ4v) is 4.21. The van der Waals surface area contributed by atoms with Crippen LogP contribution in [0.5, 0.6) is 0 Å². The molecule has 1 fully saturated rings. The molecule has 4 atom stereocenters. The third kappa shape index (κ3) is 2.65. The second-order valence-electron chi connectivity index (χ2n) is 7.12. The Hall–Kier alpha value is -2.07. The molecule has 0 bridgehead atoms. The molecule has 1 aliphatic carbocycles. The van der Waals surface area contributed by atoms with E-state index >= 15 is 0 Å². The zero-order chi connectivity index (χ0) is 16.7. The molecule has 0 radical (unpaired) electrons. The van der Waals surface area contributed by atoms with Crippen LogP contribution in [0.2, 0.25) is 0 Å². The molecular weight excluding hydrogens is 302 g/mol. The van der Waals surface area contributed by atoms with E-state index in [1.165, 1.54) is 11.3 Å². The summed E-state index contributed by atoms with van der Waals surface area (Å²) in [7, 11) is 0. The van der Waals surface area contributed by atoms with Crippen LogP contribution in [0.3, 0.4) is 0 Å². The van der Waals surface area contributed by atoms with E-state index in [1.54, 1.807) is 12.1 Å². The smallest absolute Gasteiger partial charge is 0.335 e. The van der Waals surface area contributed by atoms with Crippen molar-refractivity contribution in [2.75, 3.05) is 6.61 Å². The summed E-state index contributed by atoms with van der Waals surface area (Å²) in [5.41, 5.74) is 4.09. The lowest BCUT2D eigenvalue weighted by atomic mass is 9.75. The van der Waals surface area contributed by atoms with Crippen molar-refractivity contribution in [1.82, 2.24) is 5.32 Å². The van der Waals surface area contributed by atoms with E-state index in [9.17, 15) is 4.79 Å². The molecule has 4 rings (SSSR count). The van der Waals surface area contributed by atoms with Crippen LogP contribution in [0.15, 0.2) is 47.7 Å². The molecule has 4 nitrogen and oxygen atoms in total. The minimum atomic E-state index is -0.881. The summed E-state index contributed by atoms with van der Waals surface area (Å²) >= 11 is 0. The lowest BCUT2D eigenvalue weighted by Gasteiger charge is -2.45. The summed E-state index contributed by atoms with van der Waals surface area (Å²) in [4.78, 5) is 11.1. The average molecular weight is 325 g/mol. The summed E-state index contributed by atoms with van der Waals surface area (Å²) in [5.74, 6) is 0.0472. The molecule has 2 aliphatic heterocycles. The third-order valence-corrected chi connectivity index (χ3v) is 5.43. The molecule has 0 amide bonds. The molecular formula is C20H23NO3. The quantitative estimate of drug-likeness (QED) is 0.871. The van der Waals surface area contributed by atoms with Crippen molar-refractivity contribution in [3.63, 3.8) is 0 Å². The number of allylic oxidation sites excluding steroid dienone is 2. The normalized spacial score (nSPS) is 31.9. The highest BCUT2D eigenvalue weighted by Gasteiger charge is 2.41. The molecule has 126 valence electrons. The molecule has 1 saturated heterocycles. The zero-order valence-electron chi connectivity index (χ0n) is 13.9. The summed E-state index contributed by atoms with van der Waals surface area (Å²) < 4.78 is 6.16. The van der Waals surface area contributed by atoms with E-state index in [4.69, 9.17) is 9.84 Å². The minimum absolute atomic E-state index is 0.155. The Morgan fingerprint density at radius 2 is 2.08 bits per heavy atom. The minimum Gasteiger partial charge on any atom is -0.478 e. The Labute approximate surface area is 142 Å². The summed E-state index contributed by atoms with van der Waals surface area (Å²) in [5, 5.41) is 12.9. The first kappa shape index (κ1) is 15.5. The first-order chi connectivity index (χ1) is 11.6. The van der Waals surface area contributed by atoms with Crippen LogP contribution >= 0.6 is 0 Å². The van der Waals surface area contributed by atoms with Crippen LogP contribution in [0.25, 0.3) is 0 Å². The van der Waals surface area contributed by atoms with Gasteiger partial charge in [-0.25, -0.2) is 4.79 Å². The van der Waals surface area contributed by atoms with Crippen LogP contribution in [0, 0.1) is 11.8 Å². The number of benzene rings is 1. The van der Waals surface area contributed by atoms with E-state index in [-0.39, 0.29) is 12.1 Å². The fraction of sp³-hybridized carbons (Fsp3) is 0.450. The molecule has 4 heteroatoms. The number of rotatable bonds is 2. The second kappa shape index (κ2) is 6.10. The highest BCUT2D eigenvalue weighted by atomic mass is 16.5. The molecule has 1 aromatic carbocycles. The first-order valence-corrected chi connectivity index (χ1v) is 8.76. The van der Waals surface area contributed by atoms with Gasteiger partial charge in [0.2, 0.25) is 0 Å². The monoisotopic (exact) mass is 325 g/mol. The highest BCUT2D eigenvalue weighted by molar-refractivity contribution is 5.87. The van der Waals surface area contributed by atoms with Gasteiger partial charge >= 0.3 is 5.97 Å². The van der Waals surface area contributed by atoms with Crippen LogP contribution < -0.4 is 5.32 Å². The van der Waals surface area contributed by atoms with Crippen molar-refractivity contribution in [1.29, 1.82) is 0 Å². The van der Waals surface area contributed by atoms with Gasteiger partial charge in [0.25, 0.3) is 0 Å². The third-order valence-electron chi connectivity index (χ3n) is 5.43. The van der Waals surface area contributed by atoms with Gasteiger partial charge in [-0.2, -0.15) is 0 Å². The number of ether oxygens (including phenoxy) is 1. The summed E-state index contributed by atoms with van der Waals surface area (Å²) in [6, 6.07) is 7.48. The molecule has 1 unspecified atom stereocenters. The van der Waals surface area contributed by atoms with Crippen molar-refractivity contribution in [3.8, 4) is 0 Å². The van der Waals surface area contributed by atoms with Gasteiger partial charge in [0.1, 0.15) is 0 Å². The predicted molar refractivity (Wildman–Crippen MR) is 91.7 cm³/mol. The van der Waals surface area contributed by atoms with Gasteiger partial charge in [0.05, 0.1) is 17.7 Å². The fourth-order valence-electron chi connectivity index (χ4n) is 4.21. The number of carboxylic acid groups (broad SMARTS) is 1. The molecule has 0 spiro atoms. The van der Waals surface area contributed by atoms with Crippen LogP contribution in [-0.4, -0.2) is 23.8 Å². The van der Waals surface area contributed by atoms with E-state index in [2.05, 4.69) is 24.4 Å². The highest BCUT2D eigenvalue weighted by Crippen LogP contribution is 2.43. The van der Waals surface area contributed by atoms with Crippen molar-refractivity contribution in [2.24, 2.45) is 11.8 Å². The van der Waals surface area contributed by atoms with E-state index in [0.29, 0.717) is 17.4 Å². The van der Waals surface area contributed by atoms with E-state index in [1.807, 2.05) is 12.1 Å². The summed E-state index contributed by atoms with van der Waals surface area (Å²) in [6.07, 6.45) is 7.89. The van der Waals surface area contributed by atoms with Crippen molar-refractivity contribution >= 4 is 5.97 Å². The van der Waals surface area contributed by atoms with E-state index < -0.39 is 5.97 Å². The van der Waals surface area contributed by atoms with Gasteiger partial charge in [-0.05, 0) is 48.4 Å². The second-order valence-corrected chi connectivity index (χ2v) is 7.12. The molecule has 0 aromatic heterocycles. The SMILES string of the molecule is CC1C=CC2=C(C1)N[C@H](c1ccc(C(=O)O)cc1)[C@H]1CCCO[C@@H]21. The number of hydrogen-bond donors (Lipinski definition) is 2. The standard InChI is InChI=1S/C20H23NO3/c1-12-4-9-15-17(11-12)21-18(16-3-2-10-24-19(15)16)13-5-7-14(8-6-13)20(22)23/h4-9,12,16,18-19,21H,2-3,10-11H2,1H3,(H,22,23)/t12?,16-,18-,19+/m1/s1. The summed E-state index contributed by atoms with van der Waals surface area (Å²) in [6.45, 7) is 3.05. The van der Waals surface area contributed by atoms with Gasteiger partial charge in [-0.15, -0.1) is 0 Å². The lowest BCUT2D eigenvalue weighted by molar-refractivity contribution is -0.0222. The number of carboxylic acids is 1. The van der Waals surface area contributed by atoms with Crippen LogP contribution in [-0.2, 0) is 4.74 Å². The van der Waals surface area contributed by atoms with E-state index in [0.717, 1.165) is 31.4 Å². The maximum atomic E-state index is 11.1. The van der Waals surface area contributed by atoms with Crippen LogP contribution in [0.4, 0.5) is 0 Å². The number of carbonyl (C=O) groups is 1. The number of hydrogen-bond acceptors (Lipinski definition) is 3. The zero-order valence-corrected chi connectivity index (χ0v) is 13.9. The van der Waals surface area contributed by atoms with Crippen LogP contribution in [0.1, 0.15) is 48.1 Å². The number of fused-ring (bicyclic) bond motifs is 2. The topological polar surface area (TPSA) is 58.6 Å².